The van der Waals surface area contributed by atoms with Gasteiger partial charge >= 0.3 is 0 Å². The van der Waals surface area contributed by atoms with Crippen LogP contribution in [0, 0.1) is 5.41 Å². The molecule has 0 N–H and O–H groups in total. The number of carbonyl (C=O) groups is 1. The number of unbranched alkanes of at least 4 members (excludes halogenated alkanes) is 3. The van der Waals surface area contributed by atoms with Crippen LogP contribution in [0.25, 0.3) is 0 Å². The Morgan fingerprint density at radius 2 is 1.79 bits per heavy atom. The lowest BCUT2D eigenvalue weighted by Crippen LogP contribution is -2.18. The maximum Gasteiger partial charge on any atom is 0.141 e. The van der Waals surface area contributed by atoms with Crippen LogP contribution in [0.2, 0.25) is 0 Å². The number of ketones is 1. The zero-order valence-corrected chi connectivity index (χ0v) is 10.1. The molecule has 1 nitrogen and oxygen atoms in total. The van der Waals surface area contributed by atoms with Crippen molar-refractivity contribution in [2.24, 2.45) is 5.41 Å². The molecule has 0 spiro atoms. The maximum absolute atomic E-state index is 11.5. The van der Waals surface area contributed by atoms with Gasteiger partial charge in [0.05, 0.1) is 0 Å². The highest BCUT2D eigenvalue weighted by Crippen LogP contribution is 2.16. The molecule has 82 valence electrons. The normalized spacial score (nSPS) is 12.3. The Bertz CT molecular complexity index is 184. The van der Waals surface area contributed by atoms with Gasteiger partial charge in [0, 0.05) is 11.8 Å². The van der Waals surface area contributed by atoms with Gasteiger partial charge in [-0.25, -0.2) is 0 Å². The van der Waals surface area contributed by atoms with E-state index in [1.54, 1.807) is 0 Å². The summed E-state index contributed by atoms with van der Waals surface area (Å²) in [5, 5.41) is 0. The highest BCUT2D eigenvalue weighted by molar-refractivity contribution is 5.84. The van der Waals surface area contributed by atoms with Crippen LogP contribution in [0.3, 0.4) is 0 Å². The van der Waals surface area contributed by atoms with Crippen LogP contribution in [0.5, 0.6) is 0 Å². The molecule has 0 atom stereocenters. The van der Waals surface area contributed by atoms with E-state index in [9.17, 15) is 4.79 Å². The van der Waals surface area contributed by atoms with Crippen LogP contribution < -0.4 is 0 Å². The summed E-state index contributed by atoms with van der Waals surface area (Å²) in [5.41, 5.74) is -0.187. The number of allylic oxidation sites excluding steroid dienone is 2. The summed E-state index contributed by atoms with van der Waals surface area (Å²) >= 11 is 0. The summed E-state index contributed by atoms with van der Waals surface area (Å²) in [7, 11) is 0. The zero-order chi connectivity index (χ0) is 11.0. The zero-order valence-electron chi connectivity index (χ0n) is 10.1. The van der Waals surface area contributed by atoms with E-state index < -0.39 is 0 Å². The quantitative estimate of drug-likeness (QED) is 0.461. The Labute approximate surface area is 88.6 Å². The summed E-state index contributed by atoms with van der Waals surface area (Å²) in [6.45, 7) is 8.12. The molecule has 0 bridgehead atoms. The summed E-state index contributed by atoms with van der Waals surface area (Å²) in [4.78, 5) is 11.5. The average molecular weight is 196 g/mol. The van der Waals surface area contributed by atoms with Crippen molar-refractivity contribution in [2.45, 2.75) is 59.8 Å². The van der Waals surface area contributed by atoms with Crippen LogP contribution in [0.4, 0.5) is 0 Å². The third-order valence-corrected chi connectivity index (χ3v) is 2.28. The van der Waals surface area contributed by atoms with Gasteiger partial charge in [0.2, 0.25) is 0 Å². The molecular weight excluding hydrogens is 172 g/mol. The van der Waals surface area contributed by atoms with Crippen molar-refractivity contribution in [1.29, 1.82) is 0 Å². The molecule has 0 radical (unpaired) electrons. The predicted molar refractivity (Wildman–Crippen MR) is 62.4 cm³/mol. The van der Waals surface area contributed by atoms with Crippen molar-refractivity contribution in [3.8, 4) is 0 Å². The first-order chi connectivity index (χ1) is 6.48. The number of hydrogen-bond acceptors (Lipinski definition) is 1. The van der Waals surface area contributed by atoms with Crippen molar-refractivity contribution < 1.29 is 4.79 Å². The second-order valence-electron chi connectivity index (χ2n) is 4.84. The highest BCUT2D eigenvalue weighted by atomic mass is 16.1. The van der Waals surface area contributed by atoms with Gasteiger partial charge in [-0.1, -0.05) is 52.7 Å². The molecule has 0 aliphatic carbocycles. The summed E-state index contributed by atoms with van der Waals surface area (Å²) in [6.07, 6.45) is 9.66. The van der Waals surface area contributed by atoms with E-state index >= 15 is 0 Å². The molecule has 0 rings (SSSR count). The van der Waals surface area contributed by atoms with Crippen molar-refractivity contribution in [1.82, 2.24) is 0 Å². The SMILES string of the molecule is CCCCC/C=C/CC(=O)C(C)(C)C. The first kappa shape index (κ1) is 13.4. The first-order valence-electron chi connectivity index (χ1n) is 5.66. The van der Waals surface area contributed by atoms with Crippen LogP contribution in [-0.2, 0) is 4.79 Å². The molecule has 0 saturated carbocycles. The van der Waals surface area contributed by atoms with Crippen molar-refractivity contribution in [3.63, 3.8) is 0 Å². The van der Waals surface area contributed by atoms with Gasteiger partial charge in [0.1, 0.15) is 5.78 Å². The third kappa shape index (κ3) is 6.88. The minimum Gasteiger partial charge on any atom is -0.299 e. The Balaban J connectivity index is 3.57. The Morgan fingerprint density at radius 1 is 1.14 bits per heavy atom. The van der Waals surface area contributed by atoms with Crippen molar-refractivity contribution >= 4 is 5.78 Å². The summed E-state index contributed by atoms with van der Waals surface area (Å²) in [6, 6.07) is 0. The molecule has 0 fully saturated rings. The molecule has 0 aromatic rings. The molecule has 0 saturated heterocycles. The van der Waals surface area contributed by atoms with Crippen LogP contribution in [-0.4, -0.2) is 5.78 Å². The van der Waals surface area contributed by atoms with E-state index in [-0.39, 0.29) is 5.41 Å². The minimum absolute atomic E-state index is 0.187. The Hall–Kier alpha value is -0.590. The smallest absolute Gasteiger partial charge is 0.141 e. The molecule has 0 aromatic carbocycles. The number of carbonyl (C=O) groups excluding carboxylic acids is 1. The maximum atomic E-state index is 11.5. The number of hydrogen-bond donors (Lipinski definition) is 0. The van der Waals surface area contributed by atoms with Gasteiger partial charge in [0.25, 0.3) is 0 Å². The van der Waals surface area contributed by atoms with E-state index in [2.05, 4.69) is 13.0 Å². The molecule has 0 unspecified atom stereocenters. The molecule has 0 amide bonds. The fourth-order valence-electron chi connectivity index (χ4n) is 1.13. The first-order valence-corrected chi connectivity index (χ1v) is 5.66. The predicted octanol–water partition coefficient (Wildman–Crippen LogP) is 4.13. The average Bonchev–Trinajstić information content (AvgIpc) is 2.09. The molecule has 1 heteroatoms. The second-order valence-corrected chi connectivity index (χ2v) is 4.84. The topological polar surface area (TPSA) is 17.1 Å². The highest BCUT2D eigenvalue weighted by Gasteiger charge is 2.18. The summed E-state index contributed by atoms with van der Waals surface area (Å²) in [5.74, 6) is 0.323. The molecule has 0 aromatic heterocycles. The van der Waals surface area contributed by atoms with E-state index in [4.69, 9.17) is 0 Å². The molecule has 0 aliphatic heterocycles. The van der Waals surface area contributed by atoms with Gasteiger partial charge < -0.3 is 0 Å². The van der Waals surface area contributed by atoms with E-state index in [1.807, 2.05) is 26.8 Å². The van der Waals surface area contributed by atoms with Crippen LogP contribution in [0.1, 0.15) is 59.8 Å². The van der Waals surface area contributed by atoms with Crippen molar-refractivity contribution in [2.75, 3.05) is 0 Å². The van der Waals surface area contributed by atoms with Gasteiger partial charge in [0.15, 0.2) is 0 Å². The summed E-state index contributed by atoms with van der Waals surface area (Å²) < 4.78 is 0. The molecular formula is C13H24O. The lowest BCUT2D eigenvalue weighted by molar-refractivity contribution is -0.125. The van der Waals surface area contributed by atoms with E-state index in [1.165, 1.54) is 19.3 Å². The number of rotatable bonds is 6. The van der Waals surface area contributed by atoms with E-state index in [0.29, 0.717) is 12.2 Å². The standard InChI is InChI=1S/C13H24O/c1-5-6-7-8-9-10-11-12(14)13(2,3)4/h9-10H,5-8,11H2,1-4H3/b10-9+. The van der Waals surface area contributed by atoms with Crippen molar-refractivity contribution in [3.05, 3.63) is 12.2 Å². The molecule has 14 heavy (non-hydrogen) atoms. The lowest BCUT2D eigenvalue weighted by Gasteiger charge is -2.14. The fourth-order valence-corrected chi connectivity index (χ4v) is 1.13. The largest absolute Gasteiger partial charge is 0.299 e. The Morgan fingerprint density at radius 3 is 2.29 bits per heavy atom. The fraction of sp³-hybridized carbons (Fsp3) is 0.769. The van der Waals surface area contributed by atoms with Gasteiger partial charge in [-0.15, -0.1) is 0 Å². The monoisotopic (exact) mass is 196 g/mol. The van der Waals surface area contributed by atoms with Crippen LogP contribution >= 0.6 is 0 Å². The number of Topliss-reactive ketones (excluding diaryl/α,β-unsaturated/α-hetero) is 1. The molecule has 0 heterocycles. The minimum atomic E-state index is -0.187. The third-order valence-electron chi connectivity index (χ3n) is 2.28. The van der Waals surface area contributed by atoms with Gasteiger partial charge in [-0.05, 0) is 12.8 Å². The van der Waals surface area contributed by atoms with Gasteiger partial charge in [-0.3, -0.25) is 4.79 Å². The van der Waals surface area contributed by atoms with E-state index in [0.717, 1.165) is 6.42 Å². The van der Waals surface area contributed by atoms with Gasteiger partial charge in [-0.2, -0.15) is 0 Å². The lowest BCUT2D eigenvalue weighted by atomic mass is 9.89. The second kappa shape index (κ2) is 6.80. The van der Waals surface area contributed by atoms with Crippen LogP contribution in [0.15, 0.2) is 12.2 Å². The Kier molecular flexibility index (Phi) is 6.52. The molecule has 0 aliphatic rings.